The van der Waals surface area contributed by atoms with Gasteiger partial charge in [0.15, 0.2) is 0 Å². The van der Waals surface area contributed by atoms with E-state index in [-0.39, 0.29) is 23.6 Å². The van der Waals surface area contributed by atoms with E-state index < -0.39 is 21.3 Å². The maximum Gasteiger partial charge on any atom is 0.264 e. The van der Waals surface area contributed by atoms with Gasteiger partial charge in [-0.3, -0.25) is 14.5 Å². The summed E-state index contributed by atoms with van der Waals surface area (Å²) in [4.78, 5) is 33.0. The number of sulfonamides is 1. The second-order valence-corrected chi connectivity index (χ2v) is 17.5. The lowest BCUT2D eigenvalue weighted by Gasteiger charge is -2.37. The number of methoxy groups -OCH3 is 1. The number of ether oxygens (including phenoxy) is 1. The number of carbonyl (C=O) groups is 2. The number of piperazine rings is 1. The van der Waals surface area contributed by atoms with Crippen molar-refractivity contribution in [3.8, 4) is 17.0 Å². The topological polar surface area (TPSA) is 101 Å². The zero-order valence-electron chi connectivity index (χ0n) is 28.6. The molecule has 2 saturated heterocycles. The zero-order valence-corrected chi connectivity index (χ0v) is 29.4. The van der Waals surface area contributed by atoms with Gasteiger partial charge in [-0.2, -0.15) is 0 Å². The number of fused-ring (bicyclic) bond motifs is 9. The summed E-state index contributed by atoms with van der Waals surface area (Å²) in [6, 6.07) is 12.7. The Labute approximate surface area is 284 Å². The second kappa shape index (κ2) is 11.6. The molecular weight excluding hydrogens is 625 g/mol. The molecule has 9 nitrogen and oxygen atoms in total. The standard InChI is InChI=1S/C38H48N4O5S/c1-5-48(45,46)39-36(43)25-11-13-30-33(15-25)42-22-38(37(44)41-21-26-16-27(41)20-40(26)19-23(2)3)18-32(38)31-17-28(47-4)12-14-29(31)35(42)34(30)24-9-7-6-8-10-24/h11-15,17,23-24,26-27,32H,5-10,16,18-22H2,1-4H3,(H,39,43)/t26-,27-,32-,38?/m0/s1. The summed E-state index contributed by atoms with van der Waals surface area (Å²) in [5, 5.41) is 1.10. The van der Waals surface area contributed by atoms with Gasteiger partial charge >= 0.3 is 0 Å². The van der Waals surface area contributed by atoms with E-state index in [0.717, 1.165) is 73.2 Å². The van der Waals surface area contributed by atoms with Crippen molar-refractivity contribution in [1.29, 1.82) is 0 Å². The maximum atomic E-state index is 15.0. The number of hydrogen-bond donors (Lipinski definition) is 1. The molecule has 48 heavy (non-hydrogen) atoms. The van der Waals surface area contributed by atoms with Crippen LogP contribution in [-0.2, 0) is 21.4 Å². The third-order valence-electron chi connectivity index (χ3n) is 12.1. The van der Waals surface area contributed by atoms with Crippen LogP contribution in [0.4, 0.5) is 0 Å². The van der Waals surface area contributed by atoms with E-state index in [0.29, 0.717) is 30.0 Å². The van der Waals surface area contributed by atoms with Gasteiger partial charge in [-0.1, -0.05) is 39.2 Å². The van der Waals surface area contributed by atoms with Crippen LogP contribution in [-0.4, -0.2) is 79.2 Å². The molecule has 4 atom stereocenters. The summed E-state index contributed by atoms with van der Waals surface area (Å²) in [6.07, 6.45) is 7.63. The van der Waals surface area contributed by atoms with Crippen molar-refractivity contribution in [2.45, 2.75) is 96.2 Å². The molecule has 8 rings (SSSR count). The molecular formula is C38H48N4O5S. The highest BCUT2D eigenvalue weighted by Gasteiger charge is 2.65. The van der Waals surface area contributed by atoms with Crippen molar-refractivity contribution in [3.05, 3.63) is 53.1 Å². The quantitative estimate of drug-likeness (QED) is 0.321. The van der Waals surface area contributed by atoms with Crippen LogP contribution in [0.15, 0.2) is 36.4 Å². The van der Waals surface area contributed by atoms with Crippen molar-refractivity contribution in [2.24, 2.45) is 11.3 Å². The fraction of sp³-hybridized carbons (Fsp3) is 0.579. The van der Waals surface area contributed by atoms with Gasteiger partial charge in [-0.05, 0) is 85.9 Å². The number of likely N-dealkylation sites (tertiary alicyclic amines) is 2. The molecule has 5 aliphatic rings. The minimum Gasteiger partial charge on any atom is -0.497 e. The number of carbonyl (C=O) groups excluding carboxylic acids is 2. The molecule has 2 bridgehead atoms. The SMILES string of the molecule is CCS(=O)(=O)NC(=O)c1ccc2c(C3CCCCC3)c3n(c2c1)CC1(C(=O)N2C[C@@H]4C[C@H]2CN4CC(C)C)C[C@H]1c1cc(OC)ccc1-3. The molecule has 0 spiro atoms. The van der Waals surface area contributed by atoms with E-state index in [2.05, 4.69) is 45.1 Å². The molecule has 4 heterocycles. The summed E-state index contributed by atoms with van der Waals surface area (Å²) < 4.78 is 35.0. The monoisotopic (exact) mass is 672 g/mol. The molecule has 4 fully saturated rings. The van der Waals surface area contributed by atoms with Gasteiger partial charge in [0.05, 0.1) is 24.0 Å². The fourth-order valence-electron chi connectivity index (χ4n) is 9.67. The molecule has 0 radical (unpaired) electrons. The third kappa shape index (κ3) is 5.08. The van der Waals surface area contributed by atoms with Gasteiger partial charge in [-0.25, -0.2) is 13.1 Å². The van der Waals surface area contributed by atoms with Crippen LogP contribution < -0.4 is 9.46 Å². The Bertz CT molecular complexity index is 1910. The molecule has 3 aliphatic heterocycles. The highest BCUT2D eigenvalue weighted by molar-refractivity contribution is 7.90. The minimum absolute atomic E-state index is 0.0799. The number of amides is 2. The van der Waals surface area contributed by atoms with Gasteiger partial charge in [0, 0.05) is 66.2 Å². The first-order valence-electron chi connectivity index (χ1n) is 18.0. The average molecular weight is 673 g/mol. The minimum atomic E-state index is -3.72. The number of aromatic nitrogens is 1. The first kappa shape index (κ1) is 31.9. The summed E-state index contributed by atoms with van der Waals surface area (Å²) >= 11 is 0. The maximum absolute atomic E-state index is 15.0. The normalized spacial score (nSPS) is 26.7. The Balaban J connectivity index is 1.27. The average Bonchev–Trinajstić information content (AvgIpc) is 3.31. The molecule has 2 amide bonds. The number of nitrogens with zero attached hydrogens (tertiary/aromatic N) is 3. The lowest BCUT2D eigenvalue weighted by Crippen LogP contribution is -2.52. The third-order valence-corrected chi connectivity index (χ3v) is 13.3. The Morgan fingerprint density at radius 2 is 1.83 bits per heavy atom. The van der Waals surface area contributed by atoms with Crippen molar-refractivity contribution < 1.29 is 22.7 Å². The molecule has 2 saturated carbocycles. The van der Waals surface area contributed by atoms with E-state index in [9.17, 15) is 18.0 Å². The molecule has 1 N–H and O–H groups in total. The Morgan fingerprint density at radius 3 is 2.52 bits per heavy atom. The predicted octanol–water partition coefficient (Wildman–Crippen LogP) is 5.87. The van der Waals surface area contributed by atoms with Crippen LogP contribution in [0.3, 0.4) is 0 Å². The van der Waals surface area contributed by atoms with Gasteiger partial charge in [-0.15, -0.1) is 0 Å². The van der Waals surface area contributed by atoms with Gasteiger partial charge < -0.3 is 14.2 Å². The van der Waals surface area contributed by atoms with Crippen LogP contribution in [0, 0.1) is 11.3 Å². The van der Waals surface area contributed by atoms with Crippen molar-refractivity contribution in [3.63, 3.8) is 0 Å². The van der Waals surface area contributed by atoms with Crippen LogP contribution in [0.25, 0.3) is 22.2 Å². The van der Waals surface area contributed by atoms with Crippen LogP contribution in [0.1, 0.15) is 99.0 Å². The van der Waals surface area contributed by atoms with Crippen molar-refractivity contribution >= 4 is 32.7 Å². The number of hydrogen-bond acceptors (Lipinski definition) is 6. The Morgan fingerprint density at radius 1 is 1.04 bits per heavy atom. The lowest BCUT2D eigenvalue weighted by molar-refractivity contribution is -0.140. The van der Waals surface area contributed by atoms with E-state index >= 15 is 0 Å². The van der Waals surface area contributed by atoms with Gasteiger partial charge in [0.25, 0.3) is 5.91 Å². The molecule has 2 aromatic carbocycles. The Hall–Kier alpha value is -3.37. The van der Waals surface area contributed by atoms with Gasteiger partial charge in [0.1, 0.15) is 5.75 Å². The zero-order chi connectivity index (χ0) is 33.5. The second-order valence-electron chi connectivity index (χ2n) is 15.5. The summed E-state index contributed by atoms with van der Waals surface area (Å²) in [5.41, 5.74) is 5.41. The Kier molecular flexibility index (Phi) is 7.71. The fourth-order valence-corrected chi connectivity index (χ4v) is 10.2. The van der Waals surface area contributed by atoms with Gasteiger partial charge in [0.2, 0.25) is 15.9 Å². The largest absolute Gasteiger partial charge is 0.497 e. The van der Waals surface area contributed by atoms with Crippen molar-refractivity contribution in [1.82, 2.24) is 19.1 Å². The molecule has 10 heteroatoms. The molecule has 256 valence electrons. The van der Waals surface area contributed by atoms with E-state index in [1.165, 1.54) is 37.3 Å². The summed E-state index contributed by atoms with van der Waals surface area (Å²) in [5.74, 6) is 1.31. The first-order chi connectivity index (χ1) is 23.0. The van der Waals surface area contributed by atoms with Crippen LogP contribution >= 0.6 is 0 Å². The van der Waals surface area contributed by atoms with E-state index in [1.807, 2.05) is 18.2 Å². The number of rotatable bonds is 8. The smallest absolute Gasteiger partial charge is 0.264 e. The molecule has 1 aromatic heterocycles. The highest BCUT2D eigenvalue weighted by atomic mass is 32.2. The highest BCUT2D eigenvalue weighted by Crippen LogP contribution is 2.66. The number of nitrogens with one attached hydrogen (secondary N) is 1. The molecule has 2 aliphatic carbocycles. The molecule has 3 aromatic rings. The van der Waals surface area contributed by atoms with Crippen molar-refractivity contribution in [2.75, 3.05) is 32.5 Å². The van der Waals surface area contributed by atoms with E-state index in [1.54, 1.807) is 13.2 Å². The lowest BCUT2D eigenvalue weighted by atomic mass is 9.81. The molecule has 1 unspecified atom stereocenters. The van der Waals surface area contributed by atoms with Crippen LogP contribution in [0.2, 0.25) is 0 Å². The van der Waals surface area contributed by atoms with Crippen LogP contribution in [0.5, 0.6) is 5.75 Å². The van der Waals surface area contributed by atoms with E-state index in [4.69, 9.17) is 4.74 Å². The summed E-state index contributed by atoms with van der Waals surface area (Å²) in [6.45, 7) is 9.39. The number of benzene rings is 2. The first-order valence-corrected chi connectivity index (χ1v) is 19.6. The predicted molar refractivity (Wildman–Crippen MR) is 187 cm³/mol. The summed E-state index contributed by atoms with van der Waals surface area (Å²) in [7, 11) is -2.02.